The average Bonchev–Trinajstić information content (AvgIpc) is 3.16. The van der Waals surface area contributed by atoms with Crippen molar-refractivity contribution in [2.24, 2.45) is 5.73 Å². The fourth-order valence-electron chi connectivity index (χ4n) is 4.50. The van der Waals surface area contributed by atoms with Crippen molar-refractivity contribution in [3.8, 4) is 0 Å². The minimum absolute atomic E-state index is 0.102. The highest BCUT2D eigenvalue weighted by molar-refractivity contribution is 7.99. The first-order valence-corrected chi connectivity index (χ1v) is 12.5. The van der Waals surface area contributed by atoms with Crippen LogP contribution < -0.4 is 11.1 Å². The summed E-state index contributed by atoms with van der Waals surface area (Å²) in [6.07, 6.45) is 1.85. The predicted octanol–water partition coefficient (Wildman–Crippen LogP) is 3.09. The fourth-order valence-corrected chi connectivity index (χ4v) is 5.99. The third kappa shape index (κ3) is 5.42. The van der Waals surface area contributed by atoms with Gasteiger partial charge in [0, 0.05) is 29.2 Å². The summed E-state index contributed by atoms with van der Waals surface area (Å²) in [4.78, 5) is 29.2. The highest BCUT2D eigenvalue weighted by atomic mass is 32.2. The van der Waals surface area contributed by atoms with Crippen LogP contribution in [-0.4, -0.2) is 53.7 Å². The van der Waals surface area contributed by atoms with Crippen molar-refractivity contribution in [1.82, 2.24) is 10.2 Å². The maximum absolute atomic E-state index is 13.4. The first kappa shape index (κ1) is 23.8. The number of carbonyl (C=O) groups excluding carboxylic acids is 2. The summed E-state index contributed by atoms with van der Waals surface area (Å²) < 4.78 is 5.84. The number of hydrogen-bond donors (Lipinski definition) is 2. The summed E-state index contributed by atoms with van der Waals surface area (Å²) in [5.41, 5.74) is 7.47. The Hall–Kier alpha value is -2.35. The van der Waals surface area contributed by atoms with Gasteiger partial charge in [-0.1, -0.05) is 48.5 Å². The fraction of sp³-hybridized carbons (Fsp3) is 0.462. The summed E-state index contributed by atoms with van der Waals surface area (Å²) in [7, 11) is 0. The Labute approximate surface area is 200 Å². The topological polar surface area (TPSA) is 84.7 Å². The second-order valence-corrected chi connectivity index (χ2v) is 10.7. The van der Waals surface area contributed by atoms with Gasteiger partial charge in [-0.05, 0) is 43.9 Å². The Kier molecular flexibility index (Phi) is 7.12. The van der Waals surface area contributed by atoms with Crippen LogP contribution in [0.2, 0.25) is 0 Å². The van der Waals surface area contributed by atoms with Crippen LogP contribution in [0.15, 0.2) is 59.5 Å². The van der Waals surface area contributed by atoms with Crippen LogP contribution in [0, 0.1) is 0 Å². The highest BCUT2D eigenvalue weighted by Gasteiger charge is 2.43. The largest absolute Gasteiger partial charge is 0.374 e. The highest BCUT2D eigenvalue weighted by Crippen LogP contribution is 2.49. The lowest BCUT2D eigenvalue weighted by molar-refractivity contribution is -0.140. The zero-order valence-corrected chi connectivity index (χ0v) is 20.2. The molecule has 0 radical (unpaired) electrons. The van der Waals surface area contributed by atoms with Crippen molar-refractivity contribution in [3.63, 3.8) is 0 Å². The zero-order valence-electron chi connectivity index (χ0n) is 19.4. The number of nitrogens with one attached hydrogen (secondary N) is 1. The first-order valence-electron chi connectivity index (χ1n) is 11.5. The molecule has 1 fully saturated rings. The standard InChI is InChI=1S/C26H33N3O3S/c1-25(2,27)24(31)28-21(17-32-16-19-8-4-3-5-9-19)23(30)29-14-12-26(13-15-29)18-33-22-11-7-6-10-20(22)26/h3-11,21H,12-18,27H2,1-2H3,(H,28,31)/t21-/m1/s1. The molecule has 2 aromatic rings. The molecule has 2 aliphatic heterocycles. The number of nitrogens with two attached hydrogens (primary N) is 1. The lowest BCUT2D eigenvalue weighted by atomic mass is 9.74. The quantitative estimate of drug-likeness (QED) is 0.654. The number of thioether (sulfide) groups is 1. The van der Waals surface area contributed by atoms with E-state index in [0.717, 1.165) is 24.2 Å². The number of likely N-dealkylation sites (tertiary alicyclic amines) is 1. The molecule has 3 N–H and O–H groups in total. The van der Waals surface area contributed by atoms with E-state index in [9.17, 15) is 9.59 Å². The van der Waals surface area contributed by atoms with E-state index in [1.165, 1.54) is 10.5 Å². The molecule has 0 aliphatic carbocycles. The van der Waals surface area contributed by atoms with Gasteiger partial charge in [-0.2, -0.15) is 0 Å². The van der Waals surface area contributed by atoms with Crippen LogP contribution in [0.1, 0.15) is 37.8 Å². The van der Waals surface area contributed by atoms with Crippen molar-refractivity contribution in [3.05, 3.63) is 65.7 Å². The van der Waals surface area contributed by atoms with E-state index in [2.05, 4.69) is 29.6 Å². The molecule has 0 aromatic heterocycles. The molecule has 0 bridgehead atoms. The van der Waals surface area contributed by atoms with Gasteiger partial charge in [0.2, 0.25) is 11.8 Å². The lowest BCUT2D eigenvalue weighted by Gasteiger charge is -2.41. The van der Waals surface area contributed by atoms with Crippen molar-refractivity contribution in [2.45, 2.75) is 55.2 Å². The SMILES string of the molecule is CC(C)(N)C(=O)N[C@H](COCc1ccccc1)C(=O)N1CCC2(CC1)CSc1ccccc12. The Balaban J connectivity index is 1.40. The number of ether oxygens (including phenoxy) is 1. The normalized spacial score (nSPS) is 18.1. The van der Waals surface area contributed by atoms with Crippen molar-refractivity contribution < 1.29 is 14.3 Å². The third-order valence-electron chi connectivity index (χ3n) is 6.58. The van der Waals surface area contributed by atoms with Crippen LogP contribution in [0.5, 0.6) is 0 Å². The average molecular weight is 468 g/mol. The molecule has 2 heterocycles. The Morgan fingerprint density at radius 2 is 1.79 bits per heavy atom. The van der Waals surface area contributed by atoms with E-state index < -0.39 is 11.6 Å². The number of benzene rings is 2. The van der Waals surface area contributed by atoms with E-state index in [1.54, 1.807) is 13.8 Å². The summed E-state index contributed by atoms with van der Waals surface area (Å²) in [5.74, 6) is 0.601. The molecule has 0 unspecified atom stereocenters. The number of fused-ring (bicyclic) bond motifs is 2. The molecule has 6 nitrogen and oxygen atoms in total. The number of amides is 2. The van der Waals surface area contributed by atoms with E-state index in [1.807, 2.05) is 47.0 Å². The third-order valence-corrected chi connectivity index (χ3v) is 7.94. The summed E-state index contributed by atoms with van der Waals surface area (Å²) in [5, 5.41) is 2.83. The second kappa shape index (κ2) is 9.87. The molecular formula is C26H33N3O3S. The minimum atomic E-state index is -1.07. The van der Waals surface area contributed by atoms with Crippen LogP contribution in [0.25, 0.3) is 0 Å². The molecule has 7 heteroatoms. The first-order chi connectivity index (χ1) is 15.8. The van der Waals surface area contributed by atoms with E-state index in [4.69, 9.17) is 10.5 Å². The lowest BCUT2D eigenvalue weighted by Crippen LogP contribution is -2.59. The van der Waals surface area contributed by atoms with Gasteiger partial charge in [-0.15, -0.1) is 11.8 Å². The monoisotopic (exact) mass is 467 g/mol. The van der Waals surface area contributed by atoms with Gasteiger partial charge in [0.05, 0.1) is 18.8 Å². The van der Waals surface area contributed by atoms with Crippen LogP contribution >= 0.6 is 11.8 Å². The molecule has 2 aliphatic rings. The second-order valence-electron chi connectivity index (χ2n) is 9.64. The van der Waals surface area contributed by atoms with E-state index >= 15 is 0 Å². The number of piperidine rings is 1. The van der Waals surface area contributed by atoms with Crippen LogP contribution in [-0.2, 0) is 26.3 Å². The number of rotatable bonds is 7. The molecule has 0 saturated carbocycles. The Morgan fingerprint density at radius 1 is 1.12 bits per heavy atom. The molecule has 2 aromatic carbocycles. The molecule has 1 saturated heterocycles. The minimum Gasteiger partial charge on any atom is -0.374 e. The van der Waals surface area contributed by atoms with Gasteiger partial charge in [-0.3, -0.25) is 9.59 Å². The van der Waals surface area contributed by atoms with Gasteiger partial charge < -0.3 is 20.7 Å². The molecular weight excluding hydrogens is 434 g/mol. The summed E-state index contributed by atoms with van der Waals surface area (Å²) in [6.45, 7) is 5.10. The zero-order chi connectivity index (χ0) is 23.5. The van der Waals surface area contributed by atoms with Gasteiger partial charge >= 0.3 is 0 Å². The van der Waals surface area contributed by atoms with Crippen LogP contribution in [0.3, 0.4) is 0 Å². The molecule has 33 heavy (non-hydrogen) atoms. The smallest absolute Gasteiger partial charge is 0.247 e. The molecule has 2 amide bonds. The number of hydrogen-bond acceptors (Lipinski definition) is 5. The van der Waals surface area contributed by atoms with Gasteiger partial charge in [-0.25, -0.2) is 0 Å². The molecule has 4 rings (SSSR count). The molecule has 1 spiro atoms. The molecule has 1 atom stereocenters. The van der Waals surface area contributed by atoms with E-state index in [-0.39, 0.29) is 23.8 Å². The maximum Gasteiger partial charge on any atom is 0.247 e. The summed E-state index contributed by atoms with van der Waals surface area (Å²) >= 11 is 1.91. The molecule has 176 valence electrons. The number of carbonyl (C=O) groups is 2. The van der Waals surface area contributed by atoms with Crippen LogP contribution in [0.4, 0.5) is 0 Å². The van der Waals surface area contributed by atoms with Crippen molar-refractivity contribution >= 4 is 23.6 Å². The van der Waals surface area contributed by atoms with E-state index in [0.29, 0.717) is 19.7 Å². The van der Waals surface area contributed by atoms with Gasteiger partial charge in [0.1, 0.15) is 6.04 Å². The predicted molar refractivity (Wildman–Crippen MR) is 131 cm³/mol. The Bertz CT molecular complexity index is 982. The van der Waals surface area contributed by atoms with Gasteiger partial charge in [0.25, 0.3) is 0 Å². The number of nitrogens with zero attached hydrogens (tertiary/aromatic N) is 1. The summed E-state index contributed by atoms with van der Waals surface area (Å²) in [6, 6.07) is 17.6. The van der Waals surface area contributed by atoms with Crippen molar-refractivity contribution in [2.75, 3.05) is 25.4 Å². The van der Waals surface area contributed by atoms with Crippen molar-refractivity contribution in [1.29, 1.82) is 0 Å². The van der Waals surface area contributed by atoms with Gasteiger partial charge in [0.15, 0.2) is 0 Å². The maximum atomic E-state index is 13.4. The Morgan fingerprint density at radius 3 is 2.48 bits per heavy atom.